The third kappa shape index (κ3) is 1.94. The Morgan fingerprint density at radius 1 is 1.06 bits per heavy atom. The minimum absolute atomic E-state index is 0.0355. The van der Waals surface area contributed by atoms with E-state index in [1.54, 1.807) is 0 Å². The molecule has 2 rings (SSSR count). The van der Waals surface area contributed by atoms with Crippen LogP contribution < -0.4 is 0 Å². The normalized spacial score (nSPS) is 49.8. The molecular weight excluding hydrogens is 212 g/mol. The van der Waals surface area contributed by atoms with Gasteiger partial charge >= 0.3 is 0 Å². The van der Waals surface area contributed by atoms with Crippen LogP contribution in [0.4, 0.5) is 0 Å². The van der Waals surface area contributed by atoms with E-state index in [1.165, 1.54) is 12.8 Å². The van der Waals surface area contributed by atoms with Gasteiger partial charge in [-0.2, -0.15) is 0 Å². The second-order valence-electron chi connectivity index (χ2n) is 7.53. The van der Waals surface area contributed by atoms with Crippen molar-refractivity contribution < 1.29 is 10.2 Å². The molecule has 2 aliphatic carbocycles. The van der Waals surface area contributed by atoms with Crippen LogP contribution in [0.15, 0.2) is 0 Å². The number of aliphatic hydroxyl groups is 2. The minimum Gasteiger partial charge on any atom is -0.396 e. The average Bonchev–Trinajstić information content (AvgIpc) is 2.14. The molecule has 2 saturated carbocycles. The van der Waals surface area contributed by atoms with Gasteiger partial charge in [0.15, 0.2) is 0 Å². The predicted octanol–water partition coefficient (Wildman–Crippen LogP) is 2.97. The number of fused-ring (bicyclic) bond motifs is 1. The average molecular weight is 240 g/mol. The Bertz CT molecular complexity index is 283. The molecule has 0 aliphatic heterocycles. The molecule has 0 spiro atoms. The Morgan fingerprint density at radius 3 is 2.29 bits per heavy atom. The van der Waals surface area contributed by atoms with Gasteiger partial charge in [0.05, 0.1) is 5.60 Å². The van der Waals surface area contributed by atoms with Gasteiger partial charge in [0.25, 0.3) is 0 Å². The Labute approximate surface area is 105 Å². The second-order valence-corrected chi connectivity index (χ2v) is 7.53. The van der Waals surface area contributed by atoms with Gasteiger partial charge in [-0.3, -0.25) is 0 Å². The lowest BCUT2D eigenvalue weighted by atomic mass is 9.46. The van der Waals surface area contributed by atoms with Crippen molar-refractivity contribution in [3.8, 4) is 0 Å². The van der Waals surface area contributed by atoms with Crippen LogP contribution in [0, 0.1) is 22.7 Å². The van der Waals surface area contributed by atoms with Gasteiger partial charge in [-0.1, -0.05) is 27.2 Å². The molecule has 0 aromatic heterocycles. The summed E-state index contributed by atoms with van der Waals surface area (Å²) in [5, 5.41) is 20.3. The summed E-state index contributed by atoms with van der Waals surface area (Å²) in [6, 6.07) is 0. The standard InChI is InChI=1S/C15H28O2/c1-13(2)7-5-8-14(3)11(13)6-9-15(4,17)12(14)10-16/h11-12,16-17H,5-10H2,1-4H3/t11-,12+,14-,15-/m0/s1. The monoisotopic (exact) mass is 240 g/mol. The van der Waals surface area contributed by atoms with Crippen LogP contribution >= 0.6 is 0 Å². The minimum atomic E-state index is -0.687. The molecule has 2 N–H and O–H groups in total. The van der Waals surface area contributed by atoms with Crippen LogP contribution in [0.5, 0.6) is 0 Å². The zero-order valence-electron chi connectivity index (χ0n) is 11.8. The first-order valence-corrected chi connectivity index (χ1v) is 7.07. The molecule has 2 heteroatoms. The van der Waals surface area contributed by atoms with Crippen molar-refractivity contribution >= 4 is 0 Å². The highest BCUT2D eigenvalue weighted by Gasteiger charge is 2.57. The molecule has 4 atom stereocenters. The topological polar surface area (TPSA) is 40.5 Å². The number of hydrogen-bond donors (Lipinski definition) is 2. The van der Waals surface area contributed by atoms with E-state index in [0.717, 1.165) is 19.3 Å². The molecule has 0 aromatic rings. The summed E-state index contributed by atoms with van der Waals surface area (Å²) in [5.41, 5.74) is -0.220. The SMILES string of the molecule is CC1(C)CCC[C@]2(C)[C@@H](CO)[C@@](C)(O)CC[C@@H]12. The molecule has 0 bridgehead atoms. The van der Waals surface area contributed by atoms with Gasteiger partial charge in [0, 0.05) is 12.5 Å². The summed E-state index contributed by atoms with van der Waals surface area (Å²) >= 11 is 0. The summed E-state index contributed by atoms with van der Waals surface area (Å²) in [4.78, 5) is 0. The molecule has 0 amide bonds. The molecule has 100 valence electrons. The molecule has 2 nitrogen and oxygen atoms in total. The van der Waals surface area contributed by atoms with Crippen LogP contribution in [0.1, 0.15) is 59.8 Å². The van der Waals surface area contributed by atoms with Crippen LogP contribution in [-0.4, -0.2) is 22.4 Å². The second kappa shape index (κ2) is 3.96. The maximum absolute atomic E-state index is 10.5. The molecule has 0 saturated heterocycles. The van der Waals surface area contributed by atoms with Crippen molar-refractivity contribution in [3.63, 3.8) is 0 Å². The van der Waals surface area contributed by atoms with Crippen molar-refractivity contribution in [3.05, 3.63) is 0 Å². The summed E-state index contributed by atoms with van der Waals surface area (Å²) in [6.07, 6.45) is 5.61. The van der Waals surface area contributed by atoms with Gasteiger partial charge in [-0.15, -0.1) is 0 Å². The molecule has 0 unspecified atom stereocenters. The summed E-state index contributed by atoms with van der Waals surface area (Å²) in [7, 11) is 0. The molecule has 0 aromatic carbocycles. The van der Waals surface area contributed by atoms with Gasteiger partial charge in [0.1, 0.15) is 0 Å². The Kier molecular flexibility index (Phi) is 3.11. The van der Waals surface area contributed by atoms with E-state index in [2.05, 4.69) is 20.8 Å². The number of rotatable bonds is 1. The fourth-order valence-electron chi connectivity index (χ4n) is 5.03. The highest BCUT2D eigenvalue weighted by atomic mass is 16.3. The predicted molar refractivity (Wildman–Crippen MR) is 69.7 cm³/mol. The van der Waals surface area contributed by atoms with Crippen molar-refractivity contribution in [1.29, 1.82) is 0 Å². The van der Waals surface area contributed by atoms with Gasteiger partial charge in [0.2, 0.25) is 0 Å². The fourth-order valence-corrected chi connectivity index (χ4v) is 5.03. The zero-order valence-corrected chi connectivity index (χ0v) is 11.8. The maximum atomic E-state index is 10.5. The van der Waals surface area contributed by atoms with Crippen LogP contribution in [0.2, 0.25) is 0 Å². The van der Waals surface area contributed by atoms with Crippen LogP contribution in [0.25, 0.3) is 0 Å². The third-order valence-corrected chi connectivity index (χ3v) is 5.94. The first-order chi connectivity index (χ1) is 7.74. The van der Waals surface area contributed by atoms with Crippen molar-refractivity contribution in [1.82, 2.24) is 0 Å². The lowest BCUT2D eigenvalue weighted by Crippen LogP contribution is -2.58. The Morgan fingerprint density at radius 2 is 1.71 bits per heavy atom. The maximum Gasteiger partial charge on any atom is 0.0675 e. The first kappa shape index (κ1) is 13.4. The largest absolute Gasteiger partial charge is 0.396 e. The Balaban J connectivity index is 2.37. The zero-order chi connectivity index (χ0) is 12.9. The third-order valence-electron chi connectivity index (χ3n) is 5.94. The smallest absolute Gasteiger partial charge is 0.0675 e. The molecular formula is C15H28O2. The van der Waals surface area contributed by atoms with Crippen LogP contribution in [-0.2, 0) is 0 Å². The summed E-state index contributed by atoms with van der Waals surface area (Å²) in [6.45, 7) is 9.06. The van der Waals surface area contributed by atoms with E-state index < -0.39 is 5.60 Å². The van der Waals surface area contributed by atoms with Gasteiger partial charge in [-0.05, 0) is 49.4 Å². The van der Waals surface area contributed by atoms with Crippen molar-refractivity contribution in [2.75, 3.05) is 6.61 Å². The van der Waals surface area contributed by atoms with Gasteiger partial charge in [-0.25, -0.2) is 0 Å². The molecule has 17 heavy (non-hydrogen) atoms. The van der Waals surface area contributed by atoms with E-state index in [9.17, 15) is 10.2 Å². The summed E-state index contributed by atoms with van der Waals surface area (Å²) < 4.78 is 0. The van der Waals surface area contributed by atoms with E-state index in [-0.39, 0.29) is 17.9 Å². The summed E-state index contributed by atoms with van der Waals surface area (Å²) in [5.74, 6) is 0.675. The number of hydrogen-bond acceptors (Lipinski definition) is 2. The Hall–Kier alpha value is -0.0800. The molecule has 0 radical (unpaired) electrons. The lowest BCUT2D eigenvalue weighted by Gasteiger charge is -2.60. The molecule has 2 aliphatic rings. The van der Waals surface area contributed by atoms with Crippen molar-refractivity contribution in [2.45, 2.75) is 65.4 Å². The highest BCUT2D eigenvalue weighted by Crippen LogP contribution is 2.61. The van der Waals surface area contributed by atoms with Crippen molar-refractivity contribution in [2.24, 2.45) is 22.7 Å². The quantitative estimate of drug-likeness (QED) is 0.740. The van der Waals surface area contributed by atoms with E-state index in [1.807, 2.05) is 6.92 Å². The molecule has 0 heterocycles. The fraction of sp³-hybridized carbons (Fsp3) is 1.00. The van der Waals surface area contributed by atoms with E-state index >= 15 is 0 Å². The van der Waals surface area contributed by atoms with E-state index in [4.69, 9.17) is 0 Å². The highest BCUT2D eigenvalue weighted by molar-refractivity contribution is 5.07. The molecule has 2 fully saturated rings. The van der Waals surface area contributed by atoms with Gasteiger partial charge < -0.3 is 10.2 Å². The first-order valence-electron chi connectivity index (χ1n) is 7.07. The number of aliphatic hydroxyl groups excluding tert-OH is 1. The lowest BCUT2D eigenvalue weighted by molar-refractivity contribution is -0.178. The van der Waals surface area contributed by atoms with E-state index in [0.29, 0.717) is 11.3 Å². The van der Waals surface area contributed by atoms with Crippen LogP contribution in [0.3, 0.4) is 0 Å².